The van der Waals surface area contributed by atoms with Gasteiger partial charge in [0.1, 0.15) is 12.7 Å². The minimum Gasteiger partial charge on any atom is -0.474 e. The van der Waals surface area contributed by atoms with E-state index in [0.717, 1.165) is 6.07 Å². The first-order chi connectivity index (χ1) is 16.3. The van der Waals surface area contributed by atoms with E-state index >= 15 is 0 Å². The maximum atomic E-state index is 13.4. The molecule has 3 aromatic heterocycles. The maximum Gasteiger partial charge on any atom is 0.417 e. The van der Waals surface area contributed by atoms with Crippen molar-refractivity contribution >= 4 is 17.4 Å². The summed E-state index contributed by atoms with van der Waals surface area (Å²) < 4.78 is 46.6. The number of hydrogen-bond acceptors (Lipinski definition) is 8. The molecule has 0 spiro atoms. The second-order valence-corrected chi connectivity index (χ2v) is 7.02. The zero-order valence-corrected chi connectivity index (χ0v) is 17.3. The fourth-order valence-electron chi connectivity index (χ4n) is 3.00. The number of amides is 1. The standard InChI is InChI=1S/C21H17F3N6O4/c22-21(23,24)14-4-2-1-3-13(14)15-5-6-17-26-8-18(30(17)29-15)28-20(33)16-7-25-9-19(27-16)34-11-12(32)10-31/h1-9,12,31-32H,10-11H2,(H,28,33)/t12-/m0/s1. The van der Waals surface area contributed by atoms with Gasteiger partial charge < -0.3 is 20.3 Å². The number of rotatable bonds is 7. The highest BCUT2D eigenvalue weighted by atomic mass is 19.4. The Morgan fingerprint density at radius 3 is 2.71 bits per heavy atom. The van der Waals surface area contributed by atoms with Crippen LogP contribution in [0, 0.1) is 0 Å². The third kappa shape index (κ3) is 4.94. The van der Waals surface area contributed by atoms with Gasteiger partial charge in [0.05, 0.1) is 36.5 Å². The van der Waals surface area contributed by atoms with E-state index in [1.54, 1.807) is 0 Å². The zero-order chi connectivity index (χ0) is 24.3. The molecule has 3 heterocycles. The summed E-state index contributed by atoms with van der Waals surface area (Å²) >= 11 is 0. The van der Waals surface area contributed by atoms with E-state index in [0.29, 0.717) is 5.65 Å². The number of nitrogens with one attached hydrogen (secondary N) is 1. The first-order valence-corrected chi connectivity index (χ1v) is 9.83. The largest absolute Gasteiger partial charge is 0.474 e. The van der Waals surface area contributed by atoms with Gasteiger partial charge >= 0.3 is 6.18 Å². The topological polar surface area (TPSA) is 135 Å². The first kappa shape index (κ1) is 23.1. The average Bonchev–Trinajstić information content (AvgIpc) is 3.24. The Morgan fingerprint density at radius 2 is 1.94 bits per heavy atom. The average molecular weight is 474 g/mol. The predicted octanol–water partition coefficient (Wildman–Crippen LogP) is 2.19. The Morgan fingerprint density at radius 1 is 1.15 bits per heavy atom. The van der Waals surface area contributed by atoms with Crippen LogP contribution in [0.2, 0.25) is 0 Å². The number of carbonyl (C=O) groups excluding carboxylic acids is 1. The zero-order valence-electron chi connectivity index (χ0n) is 17.3. The van der Waals surface area contributed by atoms with E-state index in [1.165, 1.54) is 53.4 Å². The summed E-state index contributed by atoms with van der Waals surface area (Å²) in [5.74, 6) is -0.664. The van der Waals surface area contributed by atoms with Gasteiger partial charge in [0.2, 0.25) is 5.88 Å². The van der Waals surface area contributed by atoms with Gasteiger partial charge in [0.25, 0.3) is 5.91 Å². The Labute approximate surface area is 189 Å². The van der Waals surface area contributed by atoms with Crippen LogP contribution >= 0.6 is 0 Å². The second-order valence-electron chi connectivity index (χ2n) is 7.02. The quantitative estimate of drug-likeness (QED) is 0.371. The van der Waals surface area contributed by atoms with Crippen LogP contribution in [0.5, 0.6) is 5.88 Å². The van der Waals surface area contributed by atoms with Crippen molar-refractivity contribution < 1.29 is 32.9 Å². The molecule has 34 heavy (non-hydrogen) atoms. The van der Waals surface area contributed by atoms with E-state index in [9.17, 15) is 23.1 Å². The molecule has 0 unspecified atom stereocenters. The molecule has 0 aliphatic rings. The van der Waals surface area contributed by atoms with Gasteiger partial charge in [-0.3, -0.25) is 9.78 Å². The molecule has 0 saturated carbocycles. The fraction of sp³-hybridized carbons (Fsp3) is 0.190. The second kappa shape index (κ2) is 9.41. The summed E-state index contributed by atoms with van der Waals surface area (Å²) in [4.78, 5) is 24.6. The summed E-state index contributed by atoms with van der Waals surface area (Å²) in [6.45, 7) is -0.764. The highest BCUT2D eigenvalue weighted by Crippen LogP contribution is 2.36. The Kier molecular flexibility index (Phi) is 6.38. The van der Waals surface area contributed by atoms with Gasteiger partial charge in [-0.25, -0.2) is 9.97 Å². The number of alkyl halides is 3. The van der Waals surface area contributed by atoms with Crippen LogP contribution < -0.4 is 10.1 Å². The van der Waals surface area contributed by atoms with Crippen molar-refractivity contribution in [2.45, 2.75) is 12.3 Å². The van der Waals surface area contributed by atoms with Crippen LogP contribution in [0.4, 0.5) is 19.0 Å². The molecule has 0 saturated heterocycles. The van der Waals surface area contributed by atoms with Gasteiger partial charge in [0.15, 0.2) is 17.2 Å². The van der Waals surface area contributed by atoms with Gasteiger partial charge in [-0.2, -0.15) is 22.8 Å². The molecule has 0 aliphatic carbocycles. The monoisotopic (exact) mass is 474 g/mol. The van der Waals surface area contributed by atoms with E-state index < -0.39 is 30.4 Å². The molecule has 1 amide bonds. The van der Waals surface area contributed by atoms with Crippen LogP contribution in [0.3, 0.4) is 0 Å². The molecular formula is C21H17F3N6O4. The lowest BCUT2D eigenvalue weighted by molar-refractivity contribution is -0.137. The molecule has 3 N–H and O–H groups in total. The first-order valence-electron chi connectivity index (χ1n) is 9.83. The number of benzene rings is 1. The lowest BCUT2D eigenvalue weighted by Crippen LogP contribution is -2.22. The van der Waals surface area contributed by atoms with Gasteiger partial charge in [-0.05, 0) is 18.2 Å². The number of aliphatic hydroxyl groups is 2. The Hall–Kier alpha value is -4.10. The molecule has 13 heteroatoms. The van der Waals surface area contributed by atoms with Crippen molar-refractivity contribution in [3.05, 3.63) is 66.2 Å². The number of carbonyl (C=O) groups is 1. The third-order valence-electron chi connectivity index (χ3n) is 4.59. The van der Waals surface area contributed by atoms with Crippen molar-refractivity contribution in [2.24, 2.45) is 0 Å². The van der Waals surface area contributed by atoms with Crippen LogP contribution in [0.15, 0.2) is 55.0 Å². The Balaban J connectivity index is 1.60. The Bertz CT molecular complexity index is 1330. The summed E-state index contributed by atoms with van der Waals surface area (Å²) in [5, 5.41) is 25.0. The summed E-state index contributed by atoms with van der Waals surface area (Å²) in [5.41, 5.74) is -0.768. The fourth-order valence-corrected chi connectivity index (χ4v) is 3.00. The minimum absolute atomic E-state index is 0.0338. The molecule has 0 fully saturated rings. The van der Waals surface area contributed by atoms with Crippen molar-refractivity contribution in [2.75, 3.05) is 18.5 Å². The van der Waals surface area contributed by atoms with Crippen LogP contribution in [0.25, 0.3) is 16.9 Å². The number of aromatic nitrogens is 5. The van der Waals surface area contributed by atoms with Crippen LogP contribution in [0.1, 0.15) is 16.1 Å². The lowest BCUT2D eigenvalue weighted by Gasteiger charge is -2.12. The normalized spacial score (nSPS) is 12.5. The molecule has 0 aliphatic heterocycles. The molecule has 4 rings (SSSR count). The lowest BCUT2D eigenvalue weighted by atomic mass is 10.0. The van der Waals surface area contributed by atoms with E-state index in [4.69, 9.17) is 9.84 Å². The maximum absolute atomic E-state index is 13.4. The molecule has 176 valence electrons. The van der Waals surface area contributed by atoms with Crippen molar-refractivity contribution in [3.63, 3.8) is 0 Å². The molecule has 1 atom stereocenters. The summed E-state index contributed by atoms with van der Waals surface area (Å²) in [7, 11) is 0. The summed E-state index contributed by atoms with van der Waals surface area (Å²) in [6, 6.07) is 7.92. The number of aliphatic hydroxyl groups excluding tert-OH is 2. The van der Waals surface area contributed by atoms with Crippen molar-refractivity contribution in [3.8, 4) is 17.1 Å². The van der Waals surface area contributed by atoms with E-state index in [1.807, 2.05) is 0 Å². The third-order valence-corrected chi connectivity index (χ3v) is 4.59. The van der Waals surface area contributed by atoms with Crippen molar-refractivity contribution in [1.82, 2.24) is 24.6 Å². The molecular weight excluding hydrogens is 457 g/mol. The molecule has 0 bridgehead atoms. The van der Waals surface area contributed by atoms with E-state index in [-0.39, 0.29) is 35.3 Å². The SMILES string of the molecule is O=C(Nc1cnc2ccc(-c3ccccc3C(F)(F)F)nn12)c1cncc(OC[C@@H](O)CO)n1. The number of halogens is 3. The van der Waals surface area contributed by atoms with Gasteiger partial charge in [-0.1, -0.05) is 18.2 Å². The molecule has 10 nitrogen and oxygen atoms in total. The van der Waals surface area contributed by atoms with Crippen LogP contribution in [-0.4, -0.2) is 60.0 Å². The number of nitrogens with zero attached hydrogens (tertiary/aromatic N) is 5. The number of imidazole rings is 1. The van der Waals surface area contributed by atoms with Gasteiger partial charge in [-0.15, -0.1) is 0 Å². The predicted molar refractivity (Wildman–Crippen MR) is 112 cm³/mol. The minimum atomic E-state index is -4.57. The number of fused-ring (bicyclic) bond motifs is 1. The van der Waals surface area contributed by atoms with Crippen LogP contribution in [-0.2, 0) is 6.18 Å². The molecule has 4 aromatic rings. The molecule has 0 radical (unpaired) electrons. The number of hydrogen-bond donors (Lipinski definition) is 3. The number of ether oxygens (including phenoxy) is 1. The van der Waals surface area contributed by atoms with Gasteiger partial charge in [0, 0.05) is 5.56 Å². The number of anilines is 1. The highest BCUT2D eigenvalue weighted by molar-refractivity contribution is 6.02. The van der Waals surface area contributed by atoms with Crippen molar-refractivity contribution in [1.29, 1.82) is 0 Å². The summed E-state index contributed by atoms with van der Waals surface area (Å²) in [6.07, 6.45) is -2.00. The molecule has 1 aromatic carbocycles. The smallest absolute Gasteiger partial charge is 0.417 e. The highest BCUT2D eigenvalue weighted by Gasteiger charge is 2.33. The van der Waals surface area contributed by atoms with E-state index in [2.05, 4.69) is 25.4 Å².